The third-order valence-corrected chi connectivity index (χ3v) is 3.62. The van der Waals surface area contributed by atoms with Crippen molar-refractivity contribution in [1.29, 1.82) is 0 Å². The SMILES string of the molecule is CC[C@H](N)c1ccc(Sc2cnn(C)c2)cc1. The van der Waals surface area contributed by atoms with E-state index in [1.54, 1.807) is 11.8 Å². The van der Waals surface area contributed by atoms with E-state index >= 15 is 0 Å². The highest BCUT2D eigenvalue weighted by Gasteiger charge is 2.04. The average molecular weight is 247 g/mol. The third-order valence-electron chi connectivity index (χ3n) is 2.66. The van der Waals surface area contributed by atoms with Crippen LogP contribution in [0, 0.1) is 0 Å². The monoisotopic (exact) mass is 247 g/mol. The van der Waals surface area contributed by atoms with Crippen molar-refractivity contribution in [3.8, 4) is 0 Å². The molecule has 0 aliphatic rings. The quantitative estimate of drug-likeness (QED) is 0.903. The van der Waals surface area contributed by atoms with Gasteiger partial charge in [0, 0.05) is 24.2 Å². The van der Waals surface area contributed by atoms with Crippen LogP contribution in [0.15, 0.2) is 46.5 Å². The number of benzene rings is 1. The van der Waals surface area contributed by atoms with Crippen molar-refractivity contribution >= 4 is 11.8 Å². The molecule has 4 heteroatoms. The number of nitrogens with two attached hydrogens (primary N) is 1. The van der Waals surface area contributed by atoms with Crippen molar-refractivity contribution in [1.82, 2.24) is 9.78 Å². The Hall–Kier alpha value is -1.26. The molecule has 90 valence electrons. The van der Waals surface area contributed by atoms with Crippen LogP contribution < -0.4 is 5.73 Å². The van der Waals surface area contributed by atoms with Gasteiger partial charge in [-0.25, -0.2) is 0 Å². The van der Waals surface area contributed by atoms with Gasteiger partial charge in [-0.1, -0.05) is 30.8 Å². The maximum Gasteiger partial charge on any atom is 0.0629 e. The first kappa shape index (κ1) is 12.2. The number of rotatable bonds is 4. The van der Waals surface area contributed by atoms with Crippen LogP contribution >= 0.6 is 11.8 Å². The Bertz CT molecular complexity index is 476. The van der Waals surface area contributed by atoms with Gasteiger partial charge in [0.05, 0.1) is 11.1 Å². The molecule has 0 saturated heterocycles. The molecule has 1 atom stereocenters. The van der Waals surface area contributed by atoms with E-state index in [1.807, 2.05) is 24.1 Å². The van der Waals surface area contributed by atoms with E-state index < -0.39 is 0 Å². The van der Waals surface area contributed by atoms with E-state index in [-0.39, 0.29) is 6.04 Å². The molecule has 0 bridgehead atoms. The van der Waals surface area contributed by atoms with E-state index in [1.165, 1.54) is 10.5 Å². The Labute approximate surface area is 106 Å². The zero-order valence-electron chi connectivity index (χ0n) is 10.1. The molecule has 0 spiro atoms. The summed E-state index contributed by atoms with van der Waals surface area (Å²) in [6.07, 6.45) is 4.85. The van der Waals surface area contributed by atoms with Crippen molar-refractivity contribution in [2.45, 2.75) is 29.2 Å². The topological polar surface area (TPSA) is 43.8 Å². The largest absolute Gasteiger partial charge is 0.324 e. The number of aryl methyl sites for hydroxylation is 1. The van der Waals surface area contributed by atoms with Gasteiger partial charge in [-0.2, -0.15) is 5.10 Å². The van der Waals surface area contributed by atoms with Crippen molar-refractivity contribution in [3.05, 3.63) is 42.2 Å². The van der Waals surface area contributed by atoms with Crippen LogP contribution in [-0.2, 0) is 7.05 Å². The first-order valence-corrected chi connectivity index (χ1v) is 6.52. The molecule has 0 saturated carbocycles. The number of aromatic nitrogens is 2. The lowest BCUT2D eigenvalue weighted by atomic mass is 10.1. The normalized spacial score (nSPS) is 12.6. The van der Waals surface area contributed by atoms with Crippen molar-refractivity contribution < 1.29 is 0 Å². The molecular formula is C13H17N3S. The number of hydrogen-bond donors (Lipinski definition) is 1. The van der Waals surface area contributed by atoms with E-state index in [9.17, 15) is 0 Å². The summed E-state index contributed by atoms with van der Waals surface area (Å²) < 4.78 is 1.81. The summed E-state index contributed by atoms with van der Waals surface area (Å²) >= 11 is 1.71. The van der Waals surface area contributed by atoms with Gasteiger partial charge in [0.25, 0.3) is 0 Å². The Morgan fingerprint density at radius 3 is 2.53 bits per heavy atom. The fourth-order valence-electron chi connectivity index (χ4n) is 1.61. The van der Waals surface area contributed by atoms with E-state index in [2.05, 4.69) is 36.3 Å². The smallest absolute Gasteiger partial charge is 0.0629 e. The highest BCUT2D eigenvalue weighted by Crippen LogP contribution is 2.28. The second-order valence-electron chi connectivity index (χ2n) is 4.04. The Kier molecular flexibility index (Phi) is 3.86. The van der Waals surface area contributed by atoms with Gasteiger partial charge in [0.2, 0.25) is 0 Å². The summed E-state index contributed by atoms with van der Waals surface area (Å²) in [7, 11) is 1.92. The van der Waals surface area contributed by atoms with Gasteiger partial charge < -0.3 is 5.73 Å². The lowest BCUT2D eigenvalue weighted by Gasteiger charge is -2.09. The average Bonchev–Trinajstić information content (AvgIpc) is 2.75. The van der Waals surface area contributed by atoms with Crippen LogP contribution in [-0.4, -0.2) is 9.78 Å². The van der Waals surface area contributed by atoms with Gasteiger partial charge in [-0.15, -0.1) is 0 Å². The molecule has 2 N–H and O–H groups in total. The van der Waals surface area contributed by atoms with Gasteiger partial charge in [-0.05, 0) is 24.1 Å². The van der Waals surface area contributed by atoms with Crippen LogP contribution in [0.4, 0.5) is 0 Å². The molecule has 0 unspecified atom stereocenters. The summed E-state index contributed by atoms with van der Waals surface area (Å²) in [4.78, 5) is 2.37. The molecule has 0 aliphatic heterocycles. The molecule has 0 aliphatic carbocycles. The van der Waals surface area contributed by atoms with Crippen LogP contribution in [0.2, 0.25) is 0 Å². The van der Waals surface area contributed by atoms with Gasteiger partial charge in [-0.3, -0.25) is 4.68 Å². The minimum absolute atomic E-state index is 0.146. The minimum Gasteiger partial charge on any atom is -0.324 e. The predicted molar refractivity (Wildman–Crippen MR) is 71.0 cm³/mol. The first-order chi connectivity index (χ1) is 8.19. The van der Waals surface area contributed by atoms with Gasteiger partial charge in [0.15, 0.2) is 0 Å². The lowest BCUT2D eigenvalue weighted by molar-refractivity contribution is 0.698. The number of hydrogen-bond acceptors (Lipinski definition) is 3. The van der Waals surface area contributed by atoms with E-state index in [0.29, 0.717) is 0 Å². The van der Waals surface area contributed by atoms with Crippen molar-refractivity contribution in [3.63, 3.8) is 0 Å². The molecule has 2 aromatic rings. The van der Waals surface area contributed by atoms with Crippen molar-refractivity contribution in [2.24, 2.45) is 12.8 Å². The van der Waals surface area contributed by atoms with E-state index in [0.717, 1.165) is 11.3 Å². The minimum atomic E-state index is 0.146. The molecular weight excluding hydrogens is 230 g/mol. The lowest BCUT2D eigenvalue weighted by Crippen LogP contribution is -2.07. The molecule has 17 heavy (non-hydrogen) atoms. The fourth-order valence-corrected chi connectivity index (χ4v) is 2.46. The molecule has 0 fully saturated rings. The van der Waals surface area contributed by atoms with Gasteiger partial charge in [0.1, 0.15) is 0 Å². The number of nitrogens with zero attached hydrogens (tertiary/aromatic N) is 2. The van der Waals surface area contributed by atoms with Crippen LogP contribution in [0.25, 0.3) is 0 Å². The summed E-state index contributed by atoms with van der Waals surface area (Å²) in [5, 5.41) is 4.15. The fraction of sp³-hybridized carbons (Fsp3) is 0.308. The summed E-state index contributed by atoms with van der Waals surface area (Å²) in [6.45, 7) is 2.10. The van der Waals surface area contributed by atoms with Crippen LogP contribution in [0.1, 0.15) is 24.9 Å². The highest BCUT2D eigenvalue weighted by atomic mass is 32.2. The Morgan fingerprint density at radius 1 is 1.29 bits per heavy atom. The molecule has 3 nitrogen and oxygen atoms in total. The highest BCUT2D eigenvalue weighted by molar-refractivity contribution is 7.99. The molecule has 0 radical (unpaired) electrons. The predicted octanol–water partition coefficient (Wildman–Crippen LogP) is 2.98. The maximum absolute atomic E-state index is 5.98. The zero-order valence-corrected chi connectivity index (χ0v) is 10.9. The second-order valence-corrected chi connectivity index (χ2v) is 5.18. The second kappa shape index (κ2) is 5.38. The summed E-state index contributed by atoms with van der Waals surface area (Å²) in [6, 6.07) is 8.58. The first-order valence-electron chi connectivity index (χ1n) is 5.71. The molecule has 2 rings (SSSR count). The Balaban J connectivity index is 2.08. The standard InChI is InChI=1S/C13H17N3S/c1-3-13(14)10-4-6-11(7-5-10)17-12-8-15-16(2)9-12/h4-9,13H,3,14H2,1-2H3/t13-/m0/s1. The van der Waals surface area contributed by atoms with Crippen molar-refractivity contribution in [2.75, 3.05) is 0 Å². The molecule has 1 aromatic heterocycles. The zero-order chi connectivity index (χ0) is 12.3. The van der Waals surface area contributed by atoms with Crippen LogP contribution in [0.5, 0.6) is 0 Å². The van der Waals surface area contributed by atoms with Crippen LogP contribution in [0.3, 0.4) is 0 Å². The van der Waals surface area contributed by atoms with E-state index in [4.69, 9.17) is 5.73 Å². The maximum atomic E-state index is 5.98. The summed E-state index contributed by atoms with van der Waals surface area (Å²) in [5.41, 5.74) is 7.18. The molecule has 1 aromatic carbocycles. The molecule has 0 amide bonds. The third kappa shape index (κ3) is 3.11. The Morgan fingerprint density at radius 2 is 2.00 bits per heavy atom. The van der Waals surface area contributed by atoms with Gasteiger partial charge >= 0.3 is 0 Å². The molecule has 1 heterocycles. The summed E-state index contributed by atoms with van der Waals surface area (Å²) in [5.74, 6) is 0.